The lowest BCUT2D eigenvalue weighted by atomic mass is 9.98. The van der Waals surface area contributed by atoms with Crippen molar-refractivity contribution >= 4 is 29.2 Å². The average Bonchev–Trinajstić information content (AvgIpc) is 3.20. The maximum Gasteiger partial charge on any atom is 0.325 e. The molecule has 4 amide bonds. The maximum absolute atomic E-state index is 12.4. The van der Waals surface area contributed by atoms with Crippen LogP contribution in [0.4, 0.5) is 4.79 Å². The summed E-state index contributed by atoms with van der Waals surface area (Å²) in [7, 11) is 0. The predicted octanol–water partition coefficient (Wildman–Crippen LogP) is 1.62. The topological polar surface area (TPSA) is 78.5 Å². The molecular formula is C15H19N3O3S. The summed E-state index contributed by atoms with van der Waals surface area (Å²) >= 11 is 1.58. The number of thiophene rings is 1. The summed E-state index contributed by atoms with van der Waals surface area (Å²) in [6.45, 7) is 0.628. The van der Waals surface area contributed by atoms with Crippen LogP contribution in [0.3, 0.4) is 0 Å². The van der Waals surface area contributed by atoms with Gasteiger partial charge < -0.3 is 10.6 Å². The molecule has 0 unspecified atom stereocenters. The van der Waals surface area contributed by atoms with Gasteiger partial charge in [0.25, 0.3) is 5.91 Å². The summed E-state index contributed by atoms with van der Waals surface area (Å²) in [6.07, 6.45) is 3.47. The molecule has 118 valence electrons. The van der Waals surface area contributed by atoms with Crippen LogP contribution in [0.25, 0.3) is 0 Å². The Hall–Kier alpha value is -1.89. The molecule has 1 aliphatic heterocycles. The third-order valence-corrected chi connectivity index (χ3v) is 5.18. The number of nitrogens with zero attached hydrogens (tertiary/aromatic N) is 1. The maximum atomic E-state index is 12.4. The molecule has 1 aliphatic carbocycles. The van der Waals surface area contributed by atoms with Gasteiger partial charge in [-0.05, 0) is 24.3 Å². The van der Waals surface area contributed by atoms with E-state index in [0.29, 0.717) is 19.4 Å². The number of carbonyl (C=O) groups is 3. The molecule has 1 spiro atoms. The fourth-order valence-corrected chi connectivity index (χ4v) is 3.74. The van der Waals surface area contributed by atoms with Crippen molar-refractivity contribution in [3.63, 3.8) is 0 Å². The van der Waals surface area contributed by atoms with Crippen LogP contribution < -0.4 is 10.6 Å². The normalized spacial score (nSPS) is 19.7. The Kier molecular flexibility index (Phi) is 4.15. The average molecular weight is 321 g/mol. The van der Waals surface area contributed by atoms with Crippen molar-refractivity contribution in [2.75, 3.05) is 6.54 Å². The van der Waals surface area contributed by atoms with E-state index in [2.05, 4.69) is 10.6 Å². The number of carbonyl (C=O) groups excluding carboxylic acids is 3. The van der Waals surface area contributed by atoms with Crippen molar-refractivity contribution in [3.05, 3.63) is 22.4 Å². The van der Waals surface area contributed by atoms with Gasteiger partial charge in [0.15, 0.2) is 0 Å². The molecule has 2 aliphatic rings. The molecule has 7 heteroatoms. The van der Waals surface area contributed by atoms with Gasteiger partial charge in [-0.25, -0.2) is 4.79 Å². The van der Waals surface area contributed by atoms with E-state index >= 15 is 0 Å². The summed E-state index contributed by atoms with van der Waals surface area (Å²) in [5, 5.41) is 7.57. The monoisotopic (exact) mass is 321 g/mol. The first-order valence-corrected chi connectivity index (χ1v) is 8.42. The van der Waals surface area contributed by atoms with Crippen LogP contribution in [0.15, 0.2) is 17.5 Å². The molecule has 0 radical (unpaired) electrons. The Labute approximate surface area is 132 Å². The minimum atomic E-state index is -0.690. The standard InChI is InChI=1S/C15H19N3O3S/c19-12(16-10-11-4-3-9-22-11)5-8-18-13(20)15(17-14(18)21)6-1-2-7-15/h3-4,9H,1-2,5-8,10H2,(H,16,19)(H,17,21). The molecule has 0 aromatic carbocycles. The van der Waals surface area contributed by atoms with Crippen molar-refractivity contribution in [2.24, 2.45) is 0 Å². The van der Waals surface area contributed by atoms with Crippen molar-refractivity contribution in [1.29, 1.82) is 0 Å². The molecule has 1 aromatic heterocycles. The Balaban J connectivity index is 1.49. The molecule has 22 heavy (non-hydrogen) atoms. The molecule has 2 fully saturated rings. The molecule has 1 saturated carbocycles. The van der Waals surface area contributed by atoms with Crippen LogP contribution in [0.2, 0.25) is 0 Å². The first-order chi connectivity index (χ1) is 10.6. The van der Waals surface area contributed by atoms with E-state index in [-0.39, 0.29) is 30.8 Å². The fraction of sp³-hybridized carbons (Fsp3) is 0.533. The zero-order chi connectivity index (χ0) is 15.6. The van der Waals surface area contributed by atoms with Crippen LogP contribution in [0.1, 0.15) is 37.0 Å². The lowest BCUT2D eigenvalue weighted by molar-refractivity contribution is -0.131. The van der Waals surface area contributed by atoms with E-state index in [4.69, 9.17) is 0 Å². The summed E-state index contributed by atoms with van der Waals surface area (Å²) in [4.78, 5) is 38.5. The smallest absolute Gasteiger partial charge is 0.325 e. The minimum absolute atomic E-state index is 0.139. The summed E-state index contributed by atoms with van der Waals surface area (Å²) in [6, 6.07) is 3.52. The van der Waals surface area contributed by atoms with Crippen molar-refractivity contribution in [3.8, 4) is 0 Å². The molecule has 2 heterocycles. The Morgan fingerprint density at radius 3 is 2.82 bits per heavy atom. The van der Waals surface area contributed by atoms with Gasteiger partial charge in [0.2, 0.25) is 5.91 Å². The highest BCUT2D eigenvalue weighted by atomic mass is 32.1. The molecule has 1 saturated heterocycles. The third kappa shape index (κ3) is 2.85. The quantitative estimate of drug-likeness (QED) is 0.809. The third-order valence-electron chi connectivity index (χ3n) is 4.31. The molecule has 0 atom stereocenters. The van der Waals surface area contributed by atoms with Crippen molar-refractivity contribution < 1.29 is 14.4 Å². The van der Waals surface area contributed by atoms with Gasteiger partial charge in [0, 0.05) is 17.8 Å². The largest absolute Gasteiger partial charge is 0.351 e. The highest BCUT2D eigenvalue weighted by Gasteiger charge is 2.52. The second kappa shape index (κ2) is 6.08. The van der Waals surface area contributed by atoms with Crippen LogP contribution in [-0.4, -0.2) is 34.8 Å². The molecule has 1 aromatic rings. The van der Waals surface area contributed by atoms with Crippen molar-refractivity contribution in [1.82, 2.24) is 15.5 Å². The number of amides is 4. The van der Waals surface area contributed by atoms with Gasteiger partial charge in [0.05, 0.1) is 6.54 Å². The van der Waals surface area contributed by atoms with Gasteiger partial charge in [-0.3, -0.25) is 14.5 Å². The van der Waals surface area contributed by atoms with Crippen molar-refractivity contribution in [2.45, 2.75) is 44.2 Å². The lowest BCUT2D eigenvalue weighted by Crippen LogP contribution is -2.44. The lowest BCUT2D eigenvalue weighted by Gasteiger charge is -2.19. The molecule has 0 bridgehead atoms. The SMILES string of the molecule is O=C(CCN1C(=O)NC2(CCCC2)C1=O)NCc1cccs1. The van der Waals surface area contributed by atoms with E-state index in [1.165, 1.54) is 4.90 Å². The van der Waals surface area contributed by atoms with Crippen LogP contribution in [0, 0.1) is 0 Å². The van der Waals surface area contributed by atoms with Crippen LogP contribution >= 0.6 is 11.3 Å². The fourth-order valence-electron chi connectivity index (χ4n) is 3.10. The number of rotatable bonds is 5. The Morgan fingerprint density at radius 1 is 1.36 bits per heavy atom. The van der Waals surface area contributed by atoms with Gasteiger partial charge in [-0.15, -0.1) is 11.3 Å². The predicted molar refractivity (Wildman–Crippen MR) is 82.2 cm³/mol. The first-order valence-electron chi connectivity index (χ1n) is 7.54. The number of urea groups is 1. The first kappa shape index (κ1) is 15.0. The highest BCUT2D eigenvalue weighted by molar-refractivity contribution is 7.09. The zero-order valence-electron chi connectivity index (χ0n) is 12.3. The number of imide groups is 1. The second-order valence-corrected chi connectivity index (χ2v) is 6.81. The molecular weight excluding hydrogens is 302 g/mol. The molecule has 3 rings (SSSR count). The summed E-state index contributed by atoms with van der Waals surface area (Å²) in [5.41, 5.74) is -0.690. The second-order valence-electron chi connectivity index (χ2n) is 5.78. The minimum Gasteiger partial charge on any atom is -0.351 e. The van der Waals surface area contributed by atoms with E-state index in [9.17, 15) is 14.4 Å². The van der Waals surface area contributed by atoms with Crippen LogP contribution in [0.5, 0.6) is 0 Å². The van der Waals surface area contributed by atoms with Crippen LogP contribution in [-0.2, 0) is 16.1 Å². The number of hydrogen-bond acceptors (Lipinski definition) is 4. The molecule has 6 nitrogen and oxygen atoms in total. The Bertz CT molecular complexity index is 579. The van der Waals surface area contributed by atoms with E-state index in [1.54, 1.807) is 11.3 Å². The summed E-state index contributed by atoms with van der Waals surface area (Å²) < 4.78 is 0. The number of nitrogens with one attached hydrogen (secondary N) is 2. The number of hydrogen-bond donors (Lipinski definition) is 2. The highest BCUT2D eigenvalue weighted by Crippen LogP contribution is 2.34. The van der Waals surface area contributed by atoms with Gasteiger partial charge in [0.1, 0.15) is 5.54 Å². The van der Waals surface area contributed by atoms with E-state index in [0.717, 1.165) is 17.7 Å². The summed E-state index contributed by atoms with van der Waals surface area (Å²) in [5.74, 6) is -0.317. The van der Waals surface area contributed by atoms with Gasteiger partial charge in [-0.1, -0.05) is 18.9 Å². The van der Waals surface area contributed by atoms with E-state index in [1.807, 2.05) is 17.5 Å². The van der Waals surface area contributed by atoms with Gasteiger partial charge in [-0.2, -0.15) is 0 Å². The molecule has 2 N–H and O–H groups in total. The van der Waals surface area contributed by atoms with Gasteiger partial charge >= 0.3 is 6.03 Å². The zero-order valence-corrected chi connectivity index (χ0v) is 13.1. The van der Waals surface area contributed by atoms with E-state index < -0.39 is 5.54 Å². The Morgan fingerprint density at radius 2 is 2.14 bits per heavy atom.